The lowest BCUT2D eigenvalue weighted by Crippen LogP contribution is -2.30. The van der Waals surface area contributed by atoms with Crippen LogP contribution < -0.4 is 10.1 Å². The Bertz CT molecular complexity index is 1050. The van der Waals surface area contributed by atoms with Gasteiger partial charge in [-0.2, -0.15) is 0 Å². The number of nitrogens with zero attached hydrogens (tertiary/aromatic N) is 1. The summed E-state index contributed by atoms with van der Waals surface area (Å²) in [4.78, 5) is 47.0. The Labute approximate surface area is 182 Å². The van der Waals surface area contributed by atoms with Gasteiger partial charge in [0.1, 0.15) is 5.75 Å². The maximum atomic E-state index is 12.5. The van der Waals surface area contributed by atoms with Crippen LogP contribution in [0.1, 0.15) is 33.2 Å². The molecule has 31 heavy (non-hydrogen) atoms. The number of esters is 2. The Morgan fingerprint density at radius 2 is 1.68 bits per heavy atom. The number of ether oxygens (including phenoxy) is 3. The second-order valence-electron chi connectivity index (χ2n) is 6.36. The molecule has 1 unspecified atom stereocenters. The summed E-state index contributed by atoms with van der Waals surface area (Å²) in [5, 5.41) is 14.1. The van der Waals surface area contributed by atoms with Crippen LogP contribution in [0.3, 0.4) is 0 Å². The van der Waals surface area contributed by atoms with Crippen LogP contribution in [0, 0.1) is 17.0 Å². The van der Waals surface area contributed by atoms with Gasteiger partial charge in [0.05, 0.1) is 36.0 Å². The van der Waals surface area contributed by atoms with Crippen LogP contribution in [0.4, 0.5) is 11.4 Å². The van der Waals surface area contributed by atoms with Crippen LogP contribution in [0.5, 0.6) is 5.75 Å². The lowest BCUT2D eigenvalue weighted by atomic mass is 10.1. The van der Waals surface area contributed by atoms with Gasteiger partial charge in [-0.3, -0.25) is 14.9 Å². The van der Waals surface area contributed by atoms with Crippen molar-refractivity contribution in [2.24, 2.45) is 0 Å². The summed E-state index contributed by atoms with van der Waals surface area (Å²) in [6, 6.07) is 6.10. The molecule has 11 heteroatoms. The molecule has 0 radical (unpaired) electrons. The minimum atomic E-state index is -1.27. The van der Waals surface area contributed by atoms with Crippen molar-refractivity contribution in [2.45, 2.75) is 20.0 Å². The van der Waals surface area contributed by atoms with Crippen molar-refractivity contribution in [3.05, 3.63) is 62.2 Å². The molecule has 2 rings (SSSR count). The zero-order valence-electron chi connectivity index (χ0n) is 17.1. The predicted molar refractivity (Wildman–Crippen MR) is 111 cm³/mol. The second kappa shape index (κ2) is 9.90. The highest BCUT2D eigenvalue weighted by Gasteiger charge is 2.24. The molecule has 164 valence electrons. The van der Waals surface area contributed by atoms with Gasteiger partial charge >= 0.3 is 11.9 Å². The Hall–Kier alpha value is -3.66. The summed E-state index contributed by atoms with van der Waals surface area (Å²) in [7, 11) is 2.50. The molecule has 0 aliphatic heterocycles. The molecular weight excluding hydrogens is 432 g/mol. The minimum Gasteiger partial charge on any atom is -0.495 e. The van der Waals surface area contributed by atoms with Crippen molar-refractivity contribution >= 4 is 40.8 Å². The van der Waals surface area contributed by atoms with E-state index < -0.39 is 34.6 Å². The number of carbonyl (C=O) groups excluding carboxylic acids is 3. The topological polar surface area (TPSA) is 134 Å². The van der Waals surface area contributed by atoms with Gasteiger partial charge in [-0.15, -0.1) is 0 Å². The van der Waals surface area contributed by atoms with Crippen LogP contribution in [0.2, 0.25) is 5.02 Å². The van der Waals surface area contributed by atoms with Gasteiger partial charge in [-0.1, -0.05) is 11.6 Å². The number of carbonyl (C=O) groups is 3. The van der Waals surface area contributed by atoms with Crippen molar-refractivity contribution in [3.8, 4) is 5.75 Å². The third-order valence-electron chi connectivity index (χ3n) is 4.18. The number of halogens is 1. The fourth-order valence-corrected chi connectivity index (χ4v) is 2.67. The SMILES string of the molecule is COC(=O)c1cc(C(=O)OC(C)C(=O)Nc2cc(C)c(Cl)cc2OC)cc([N+](=O)[O-])c1. The van der Waals surface area contributed by atoms with E-state index >= 15 is 0 Å². The molecule has 1 N–H and O–H groups in total. The number of nitro benzene ring substituents is 1. The fourth-order valence-electron chi connectivity index (χ4n) is 2.52. The monoisotopic (exact) mass is 450 g/mol. The maximum absolute atomic E-state index is 12.5. The quantitative estimate of drug-likeness (QED) is 0.384. The highest BCUT2D eigenvalue weighted by molar-refractivity contribution is 6.31. The van der Waals surface area contributed by atoms with Crippen molar-refractivity contribution in [3.63, 3.8) is 0 Å². The van der Waals surface area contributed by atoms with Gasteiger partial charge in [-0.05, 0) is 31.5 Å². The number of benzene rings is 2. The largest absolute Gasteiger partial charge is 0.495 e. The molecule has 0 spiro atoms. The Balaban J connectivity index is 2.21. The van der Waals surface area contributed by atoms with E-state index in [1.54, 1.807) is 13.0 Å². The van der Waals surface area contributed by atoms with Crippen LogP contribution >= 0.6 is 11.6 Å². The average molecular weight is 451 g/mol. The van der Waals surface area contributed by atoms with E-state index in [0.717, 1.165) is 25.3 Å². The molecule has 2 aromatic carbocycles. The van der Waals surface area contributed by atoms with Crippen molar-refractivity contribution in [1.82, 2.24) is 0 Å². The van der Waals surface area contributed by atoms with Crippen LogP contribution in [-0.2, 0) is 14.3 Å². The van der Waals surface area contributed by atoms with E-state index in [1.807, 2.05) is 0 Å². The van der Waals surface area contributed by atoms with Crippen LogP contribution in [0.25, 0.3) is 0 Å². The van der Waals surface area contributed by atoms with Gasteiger partial charge in [0.15, 0.2) is 6.10 Å². The molecule has 0 saturated heterocycles. The van der Waals surface area contributed by atoms with E-state index in [-0.39, 0.29) is 11.1 Å². The standard InChI is InChI=1S/C20H19ClN2O8/c1-10-5-16(17(29-3)9-15(10)21)22-18(24)11(2)31-20(26)13-6-12(19(25)30-4)7-14(8-13)23(27)28/h5-9,11H,1-4H3,(H,22,24). The number of hydrogen-bond donors (Lipinski definition) is 1. The molecular formula is C20H19ClN2O8. The summed E-state index contributed by atoms with van der Waals surface area (Å²) < 4.78 is 14.8. The van der Waals surface area contributed by atoms with Crippen LogP contribution in [0.15, 0.2) is 30.3 Å². The summed E-state index contributed by atoms with van der Waals surface area (Å²) in [5.41, 5.74) is 0.0135. The third kappa shape index (κ3) is 5.70. The van der Waals surface area contributed by atoms with Crippen molar-refractivity contribution in [1.29, 1.82) is 0 Å². The molecule has 1 amide bonds. The van der Waals surface area contributed by atoms with Crippen molar-refractivity contribution in [2.75, 3.05) is 19.5 Å². The lowest BCUT2D eigenvalue weighted by molar-refractivity contribution is -0.384. The molecule has 10 nitrogen and oxygen atoms in total. The molecule has 1 atom stereocenters. The zero-order valence-corrected chi connectivity index (χ0v) is 17.8. The molecule has 0 aliphatic rings. The van der Waals surface area contributed by atoms with Crippen molar-refractivity contribution < 1.29 is 33.5 Å². The first-order valence-electron chi connectivity index (χ1n) is 8.81. The van der Waals surface area contributed by atoms with Gasteiger partial charge in [0, 0.05) is 23.2 Å². The average Bonchev–Trinajstić information content (AvgIpc) is 2.74. The summed E-state index contributed by atoms with van der Waals surface area (Å²) in [5.74, 6) is -2.26. The smallest absolute Gasteiger partial charge is 0.339 e. The lowest BCUT2D eigenvalue weighted by Gasteiger charge is -2.16. The number of nitro groups is 1. The number of anilines is 1. The van der Waals surface area contributed by atoms with Gasteiger partial charge < -0.3 is 19.5 Å². The Kier molecular flexibility index (Phi) is 7.54. The van der Waals surface area contributed by atoms with E-state index in [4.69, 9.17) is 21.1 Å². The Morgan fingerprint density at radius 3 is 2.23 bits per heavy atom. The predicted octanol–water partition coefficient (Wildman–Crippen LogP) is 3.54. The highest BCUT2D eigenvalue weighted by Crippen LogP contribution is 2.31. The minimum absolute atomic E-state index is 0.206. The molecule has 0 aromatic heterocycles. The number of nitrogens with one attached hydrogen (secondary N) is 1. The number of methoxy groups -OCH3 is 2. The first-order chi connectivity index (χ1) is 14.6. The number of non-ortho nitro benzene ring substituents is 1. The highest BCUT2D eigenvalue weighted by atomic mass is 35.5. The number of amides is 1. The maximum Gasteiger partial charge on any atom is 0.339 e. The molecule has 0 aliphatic carbocycles. The number of hydrogen-bond acceptors (Lipinski definition) is 8. The Morgan fingerprint density at radius 1 is 1.06 bits per heavy atom. The summed E-state index contributed by atoms with van der Waals surface area (Å²) >= 11 is 6.04. The van der Waals surface area contributed by atoms with E-state index in [0.29, 0.717) is 22.0 Å². The number of rotatable bonds is 7. The first kappa shape index (κ1) is 23.6. The summed E-state index contributed by atoms with van der Waals surface area (Å²) in [6.07, 6.45) is -1.27. The normalized spacial score (nSPS) is 11.3. The van der Waals surface area contributed by atoms with Crippen LogP contribution in [-0.4, -0.2) is 43.1 Å². The fraction of sp³-hybridized carbons (Fsp3) is 0.250. The molecule has 2 aromatic rings. The van der Waals surface area contributed by atoms with Gasteiger partial charge in [0.25, 0.3) is 11.6 Å². The van der Waals surface area contributed by atoms with Gasteiger partial charge in [0.2, 0.25) is 0 Å². The molecule has 0 heterocycles. The third-order valence-corrected chi connectivity index (χ3v) is 4.58. The van der Waals surface area contributed by atoms with E-state index in [2.05, 4.69) is 10.1 Å². The van der Waals surface area contributed by atoms with E-state index in [1.165, 1.54) is 20.1 Å². The summed E-state index contributed by atoms with van der Waals surface area (Å²) in [6.45, 7) is 3.06. The van der Waals surface area contributed by atoms with Gasteiger partial charge in [-0.25, -0.2) is 9.59 Å². The molecule has 0 bridgehead atoms. The first-order valence-corrected chi connectivity index (χ1v) is 9.19. The zero-order chi connectivity index (χ0) is 23.3. The molecule has 0 fully saturated rings. The van der Waals surface area contributed by atoms with E-state index in [9.17, 15) is 24.5 Å². The number of aryl methyl sites for hydroxylation is 1. The molecule has 0 saturated carbocycles. The second-order valence-corrected chi connectivity index (χ2v) is 6.76.